The number of carbonyl (C=O) groups is 1. The van der Waals surface area contributed by atoms with Crippen molar-refractivity contribution >= 4 is 35.8 Å². The van der Waals surface area contributed by atoms with E-state index in [1.165, 1.54) is 6.42 Å². The minimum absolute atomic E-state index is 0. The van der Waals surface area contributed by atoms with E-state index in [1.807, 2.05) is 19.2 Å². The summed E-state index contributed by atoms with van der Waals surface area (Å²) in [4.78, 5) is 17.8. The van der Waals surface area contributed by atoms with Crippen molar-refractivity contribution in [3.05, 3.63) is 35.4 Å². The van der Waals surface area contributed by atoms with Crippen molar-refractivity contribution in [2.45, 2.75) is 33.2 Å². The Morgan fingerprint density at radius 2 is 1.91 bits per heavy atom. The van der Waals surface area contributed by atoms with Crippen molar-refractivity contribution in [2.75, 3.05) is 20.1 Å². The van der Waals surface area contributed by atoms with Crippen LogP contribution in [0.4, 0.5) is 0 Å². The van der Waals surface area contributed by atoms with Crippen molar-refractivity contribution in [2.24, 2.45) is 10.7 Å². The van der Waals surface area contributed by atoms with Crippen LogP contribution < -0.4 is 11.1 Å². The molecule has 0 aromatic heterocycles. The Morgan fingerprint density at radius 1 is 1.27 bits per heavy atom. The Labute approximate surface area is 150 Å². The Hall–Kier alpha value is -1.31. The lowest BCUT2D eigenvalue weighted by atomic mass is 10.1. The number of nitrogens with one attached hydrogen (secondary N) is 1. The number of hydrogen-bond acceptors (Lipinski definition) is 2. The van der Waals surface area contributed by atoms with Crippen LogP contribution in [0.2, 0.25) is 0 Å². The molecule has 0 aliphatic rings. The molecule has 124 valence electrons. The highest BCUT2D eigenvalue weighted by Gasteiger charge is 2.05. The molecular formula is C16H27IN4O. The maximum Gasteiger partial charge on any atom is 0.248 e. The van der Waals surface area contributed by atoms with Gasteiger partial charge in [0, 0.05) is 25.7 Å². The largest absolute Gasteiger partial charge is 0.366 e. The molecule has 5 nitrogen and oxygen atoms in total. The molecule has 1 amide bonds. The van der Waals surface area contributed by atoms with E-state index in [4.69, 9.17) is 5.73 Å². The number of aliphatic imine (C=N–C) groups is 1. The van der Waals surface area contributed by atoms with Crippen LogP contribution in [-0.2, 0) is 6.54 Å². The number of rotatable bonds is 7. The SMILES string of the molecule is CCCCN(C)C(=NCc1ccc(C(N)=O)cc1)NCC.I. The zero-order valence-electron chi connectivity index (χ0n) is 13.6. The normalized spacial score (nSPS) is 10.8. The standard InChI is InChI=1S/C16H26N4O.HI/c1-4-6-11-20(3)16(18-5-2)19-12-13-7-9-14(10-8-13)15(17)21;/h7-10H,4-6,11-12H2,1-3H3,(H2,17,21)(H,18,19);1H. The van der Waals surface area contributed by atoms with Gasteiger partial charge in [-0.1, -0.05) is 25.5 Å². The fraction of sp³-hybridized carbons (Fsp3) is 0.500. The highest BCUT2D eigenvalue weighted by atomic mass is 127. The van der Waals surface area contributed by atoms with Crippen molar-refractivity contribution in [1.29, 1.82) is 0 Å². The van der Waals surface area contributed by atoms with Gasteiger partial charge in [0.25, 0.3) is 0 Å². The predicted molar refractivity (Wildman–Crippen MR) is 103 cm³/mol. The molecule has 1 aromatic rings. The number of hydrogen-bond donors (Lipinski definition) is 2. The van der Waals surface area contributed by atoms with Crippen LogP contribution in [0.3, 0.4) is 0 Å². The second kappa shape index (κ2) is 11.3. The lowest BCUT2D eigenvalue weighted by molar-refractivity contribution is 0.100. The average Bonchev–Trinajstić information content (AvgIpc) is 2.49. The highest BCUT2D eigenvalue weighted by molar-refractivity contribution is 14.0. The number of nitrogens with zero attached hydrogens (tertiary/aromatic N) is 2. The van der Waals surface area contributed by atoms with Crippen molar-refractivity contribution in [3.8, 4) is 0 Å². The fourth-order valence-corrected chi connectivity index (χ4v) is 1.91. The molecule has 0 aliphatic carbocycles. The van der Waals surface area contributed by atoms with Gasteiger partial charge in [-0.05, 0) is 31.0 Å². The highest BCUT2D eigenvalue weighted by Crippen LogP contribution is 2.05. The Morgan fingerprint density at radius 3 is 2.41 bits per heavy atom. The zero-order valence-corrected chi connectivity index (χ0v) is 16.0. The van der Waals surface area contributed by atoms with E-state index in [0.29, 0.717) is 12.1 Å². The molecule has 0 bridgehead atoms. The first-order valence-electron chi connectivity index (χ1n) is 7.46. The molecule has 22 heavy (non-hydrogen) atoms. The van der Waals surface area contributed by atoms with E-state index in [1.54, 1.807) is 12.1 Å². The maximum absolute atomic E-state index is 11.0. The summed E-state index contributed by atoms with van der Waals surface area (Å²) < 4.78 is 0. The molecule has 0 unspecified atom stereocenters. The molecule has 0 saturated carbocycles. The van der Waals surface area contributed by atoms with Crippen LogP contribution in [0.5, 0.6) is 0 Å². The van der Waals surface area contributed by atoms with Crippen LogP contribution in [0, 0.1) is 0 Å². The molecular weight excluding hydrogens is 391 g/mol. The van der Waals surface area contributed by atoms with Crippen molar-refractivity contribution in [3.63, 3.8) is 0 Å². The van der Waals surface area contributed by atoms with E-state index in [2.05, 4.69) is 29.1 Å². The Kier molecular flexibility index (Phi) is 10.6. The van der Waals surface area contributed by atoms with Gasteiger partial charge in [-0.25, -0.2) is 4.99 Å². The number of guanidine groups is 1. The first kappa shape index (κ1) is 20.7. The molecule has 3 N–H and O–H groups in total. The summed E-state index contributed by atoms with van der Waals surface area (Å²) in [5, 5.41) is 3.29. The van der Waals surface area contributed by atoms with Crippen LogP contribution in [0.25, 0.3) is 0 Å². The van der Waals surface area contributed by atoms with Gasteiger partial charge < -0.3 is 16.0 Å². The van der Waals surface area contributed by atoms with Gasteiger partial charge in [-0.3, -0.25) is 4.79 Å². The first-order valence-corrected chi connectivity index (χ1v) is 7.46. The smallest absolute Gasteiger partial charge is 0.248 e. The zero-order chi connectivity index (χ0) is 15.7. The molecule has 0 fully saturated rings. The van der Waals surface area contributed by atoms with E-state index < -0.39 is 5.91 Å². The van der Waals surface area contributed by atoms with Crippen molar-refractivity contribution < 1.29 is 4.79 Å². The summed E-state index contributed by atoms with van der Waals surface area (Å²) >= 11 is 0. The molecule has 0 saturated heterocycles. The summed E-state index contributed by atoms with van der Waals surface area (Å²) in [6, 6.07) is 7.25. The Balaban J connectivity index is 0.00000441. The molecule has 0 radical (unpaired) electrons. The first-order chi connectivity index (χ1) is 10.1. The van der Waals surface area contributed by atoms with Crippen molar-refractivity contribution in [1.82, 2.24) is 10.2 Å². The molecule has 0 heterocycles. The van der Waals surface area contributed by atoms with Crippen LogP contribution in [-0.4, -0.2) is 36.9 Å². The van der Waals surface area contributed by atoms with Gasteiger partial charge in [0.05, 0.1) is 6.54 Å². The topological polar surface area (TPSA) is 70.7 Å². The summed E-state index contributed by atoms with van der Waals surface area (Å²) in [5.74, 6) is 0.502. The number of carbonyl (C=O) groups excluding carboxylic acids is 1. The predicted octanol–water partition coefficient (Wildman–Crippen LogP) is 2.60. The lowest BCUT2D eigenvalue weighted by Gasteiger charge is -2.21. The van der Waals surface area contributed by atoms with E-state index in [9.17, 15) is 4.79 Å². The Bertz CT molecular complexity index is 474. The third-order valence-corrected chi connectivity index (χ3v) is 3.19. The molecule has 0 spiro atoms. The third-order valence-electron chi connectivity index (χ3n) is 3.19. The van der Waals surface area contributed by atoms with E-state index >= 15 is 0 Å². The lowest BCUT2D eigenvalue weighted by Crippen LogP contribution is -2.39. The number of primary amides is 1. The minimum Gasteiger partial charge on any atom is -0.366 e. The van der Waals surface area contributed by atoms with Gasteiger partial charge in [-0.2, -0.15) is 0 Å². The van der Waals surface area contributed by atoms with Gasteiger partial charge in [0.1, 0.15) is 0 Å². The van der Waals surface area contributed by atoms with E-state index in [0.717, 1.165) is 31.0 Å². The van der Waals surface area contributed by atoms with Crippen LogP contribution in [0.1, 0.15) is 42.6 Å². The number of unbranched alkanes of at least 4 members (excludes halogenated alkanes) is 1. The second-order valence-corrected chi connectivity index (χ2v) is 5.01. The van der Waals surface area contributed by atoms with Gasteiger partial charge in [0.15, 0.2) is 5.96 Å². The van der Waals surface area contributed by atoms with E-state index in [-0.39, 0.29) is 24.0 Å². The molecule has 0 aliphatic heterocycles. The van der Waals surface area contributed by atoms with Crippen LogP contribution >= 0.6 is 24.0 Å². The number of nitrogens with two attached hydrogens (primary N) is 1. The molecule has 0 atom stereocenters. The molecule has 1 aromatic carbocycles. The second-order valence-electron chi connectivity index (χ2n) is 5.01. The monoisotopic (exact) mass is 418 g/mol. The summed E-state index contributed by atoms with van der Waals surface area (Å²) in [6.45, 7) is 6.65. The van der Waals surface area contributed by atoms with Gasteiger partial charge >= 0.3 is 0 Å². The summed E-state index contributed by atoms with van der Waals surface area (Å²) in [7, 11) is 2.05. The third kappa shape index (κ3) is 7.11. The quantitative estimate of drug-likeness (QED) is 0.406. The maximum atomic E-state index is 11.0. The van der Waals surface area contributed by atoms with Gasteiger partial charge in [0.2, 0.25) is 5.91 Å². The number of amides is 1. The molecule has 1 rings (SSSR count). The number of halogens is 1. The average molecular weight is 418 g/mol. The fourth-order valence-electron chi connectivity index (χ4n) is 1.91. The van der Waals surface area contributed by atoms with Crippen LogP contribution in [0.15, 0.2) is 29.3 Å². The van der Waals surface area contributed by atoms with Gasteiger partial charge in [-0.15, -0.1) is 24.0 Å². The minimum atomic E-state index is -0.405. The molecule has 6 heteroatoms. The summed E-state index contributed by atoms with van der Waals surface area (Å²) in [5.41, 5.74) is 6.81. The summed E-state index contributed by atoms with van der Waals surface area (Å²) in [6.07, 6.45) is 2.31. The number of benzene rings is 1.